The summed E-state index contributed by atoms with van der Waals surface area (Å²) in [5.41, 5.74) is -0.842. The van der Waals surface area contributed by atoms with Gasteiger partial charge in [-0.3, -0.25) is 4.79 Å². The molecule has 0 saturated carbocycles. The van der Waals surface area contributed by atoms with Crippen molar-refractivity contribution in [2.24, 2.45) is 0 Å². The third kappa shape index (κ3) is 5.02. The molecule has 0 spiro atoms. The summed E-state index contributed by atoms with van der Waals surface area (Å²) in [5, 5.41) is 3.28. The first-order valence-corrected chi connectivity index (χ1v) is 5.38. The maximum absolute atomic E-state index is 11.8. The van der Waals surface area contributed by atoms with Crippen molar-refractivity contribution in [3.8, 4) is 0 Å². The molecule has 0 atom stereocenters. The standard InChI is InChI=1S/C6H5F2NO.C5H11N/c7-6(8)4-2-1-3-5(10)9-4;1-2-4-6-5-3-1/h1-3,6H,(H,9,10);6H,1-5H2. The zero-order valence-corrected chi connectivity index (χ0v) is 9.01. The van der Waals surface area contributed by atoms with Gasteiger partial charge in [0.2, 0.25) is 5.56 Å². The predicted octanol–water partition coefficient (Wildman–Crippen LogP) is 2.07. The van der Waals surface area contributed by atoms with Crippen molar-refractivity contribution in [3.05, 3.63) is 34.2 Å². The van der Waals surface area contributed by atoms with Gasteiger partial charge in [0.1, 0.15) is 0 Å². The number of piperidine rings is 1. The van der Waals surface area contributed by atoms with E-state index in [1.165, 1.54) is 50.6 Å². The van der Waals surface area contributed by atoms with E-state index >= 15 is 0 Å². The molecule has 1 saturated heterocycles. The number of aromatic nitrogens is 1. The first-order valence-electron chi connectivity index (χ1n) is 5.38. The van der Waals surface area contributed by atoms with Crippen molar-refractivity contribution in [1.82, 2.24) is 10.3 Å². The first-order chi connectivity index (χ1) is 7.70. The van der Waals surface area contributed by atoms with Gasteiger partial charge in [-0.05, 0) is 32.0 Å². The number of nitrogens with one attached hydrogen (secondary N) is 2. The van der Waals surface area contributed by atoms with Gasteiger partial charge in [-0.15, -0.1) is 0 Å². The highest BCUT2D eigenvalue weighted by atomic mass is 19.3. The summed E-state index contributed by atoms with van der Waals surface area (Å²) in [6, 6.07) is 3.65. The molecular formula is C11H16F2N2O. The van der Waals surface area contributed by atoms with Crippen LogP contribution in [0.4, 0.5) is 8.78 Å². The largest absolute Gasteiger partial charge is 0.321 e. The zero-order chi connectivity index (χ0) is 11.8. The second-order valence-corrected chi connectivity index (χ2v) is 3.58. The Kier molecular flexibility index (Phi) is 5.71. The van der Waals surface area contributed by atoms with Gasteiger partial charge in [0.05, 0.1) is 5.69 Å². The Morgan fingerprint density at radius 1 is 1.12 bits per heavy atom. The number of aromatic amines is 1. The molecule has 0 aliphatic carbocycles. The molecule has 0 aromatic carbocycles. The van der Waals surface area contributed by atoms with Gasteiger partial charge in [0.15, 0.2) is 0 Å². The number of H-pyrrole nitrogens is 1. The molecule has 0 bridgehead atoms. The van der Waals surface area contributed by atoms with Crippen LogP contribution < -0.4 is 10.9 Å². The minimum atomic E-state index is -2.60. The smallest absolute Gasteiger partial charge is 0.278 e. The second kappa shape index (κ2) is 7.11. The molecule has 90 valence electrons. The van der Waals surface area contributed by atoms with Crippen molar-refractivity contribution >= 4 is 0 Å². The van der Waals surface area contributed by atoms with Crippen LogP contribution in [-0.2, 0) is 0 Å². The lowest BCUT2D eigenvalue weighted by atomic mass is 10.2. The van der Waals surface area contributed by atoms with Crippen molar-refractivity contribution < 1.29 is 8.78 Å². The molecule has 0 radical (unpaired) electrons. The van der Waals surface area contributed by atoms with Gasteiger partial charge in [0, 0.05) is 6.07 Å². The van der Waals surface area contributed by atoms with Crippen LogP contribution in [0.3, 0.4) is 0 Å². The summed E-state index contributed by atoms with van der Waals surface area (Å²) >= 11 is 0. The van der Waals surface area contributed by atoms with Crippen LogP contribution in [0.25, 0.3) is 0 Å². The van der Waals surface area contributed by atoms with Gasteiger partial charge >= 0.3 is 0 Å². The van der Waals surface area contributed by atoms with Gasteiger partial charge in [0.25, 0.3) is 6.43 Å². The monoisotopic (exact) mass is 230 g/mol. The predicted molar refractivity (Wildman–Crippen MR) is 58.7 cm³/mol. The highest BCUT2D eigenvalue weighted by Gasteiger charge is 2.05. The lowest BCUT2D eigenvalue weighted by molar-refractivity contribution is 0.146. The summed E-state index contributed by atoms with van der Waals surface area (Å²) in [4.78, 5) is 12.4. The molecule has 0 unspecified atom stereocenters. The molecule has 1 aromatic heterocycles. The molecule has 1 aliphatic heterocycles. The molecule has 3 nitrogen and oxygen atoms in total. The lowest BCUT2D eigenvalue weighted by Crippen LogP contribution is -2.21. The van der Waals surface area contributed by atoms with Gasteiger partial charge < -0.3 is 10.3 Å². The number of pyridine rings is 1. The van der Waals surface area contributed by atoms with Crippen LogP contribution in [0, 0.1) is 0 Å². The third-order valence-electron chi connectivity index (χ3n) is 2.23. The van der Waals surface area contributed by atoms with E-state index in [0.29, 0.717) is 0 Å². The molecular weight excluding hydrogens is 214 g/mol. The fraction of sp³-hybridized carbons (Fsp3) is 0.545. The topological polar surface area (TPSA) is 44.9 Å². The molecule has 2 N–H and O–H groups in total. The summed E-state index contributed by atoms with van der Waals surface area (Å²) in [7, 11) is 0. The maximum atomic E-state index is 11.8. The minimum Gasteiger partial charge on any atom is -0.321 e. The summed E-state index contributed by atoms with van der Waals surface area (Å²) < 4.78 is 23.6. The van der Waals surface area contributed by atoms with Crippen LogP contribution in [0.1, 0.15) is 31.4 Å². The number of halogens is 2. The Balaban J connectivity index is 0.000000181. The van der Waals surface area contributed by atoms with Gasteiger partial charge in [-0.25, -0.2) is 8.78 Å². The lowest BCUT2D eigenvalue weighted by Gasteiger charge is -2.08. The molecule has 5 heteroatoms. The van der Waals surface area contributed by atoms with E-state index in [4.69, 9.17) is 0 Å². The zero-order valence-electron chi connectivity index (χ0n) is 9.01. The van der Waals surface area contributed by atoms with Crippen LogP contribution in [0.5, 0.6) is 0 Å². The molecule has 1 aromatic rings. The fourth-order valence-corrected chi connectivity index (χ4v) is 1.39. The summed E-state index contributed by atoms with van der Waals surface area (Å²) in [6.45, 7) is 2.50. The number of rotatable bonds is 1. The number of alkyl halides is 2. The van der Waals surface area contributed by atoms with Gasteiger partial charge in [-0.1, -0.05) is 12.5 Å². The van der Waals surface area contributed by atoms with Crippen LogP contribution in [-0.4, -0.2) is 18.1 Å². The highest BCUT2D eigenvalue weighted by molar-refractivity contribution is 5.04. The Morgan fingerprint density at radius 2 is 1.81 bits per heavy atom. The van der Waals surface area contributed by atoms with E-state index < -0.39 is 12.0 Å². The average molecular weight is 230 g/mol. The van der Waals surface area contributed by atoms with E-state index in [1.807, 2.05) is 4.98 Å². The number of hydrogen-bond acceptors (Lipinski definition) is 2. The van der Waals surface area contributed by atoms with E-state index in [2.05, 4.69) is 5.32 Å². The summed E-state index contributed by atoms with van der Waals surface area (Å²) in [5.74, 6) is 0. The molecule has 0 amide bonds. The number of hydrogen-bond donors (Lipinski definition) is 2. The fourth-order valence-electron chi connectivity index (χ4n) is 1.39. The Bertz CT molecular complexity index is 336. The van der Waals surface area contributed by atoms with Gasteiger partial charge in [-0.2, -0.15) is 0 Å². The van der Waals surface area contributed by atoms with Crippen LogP contribution in [0.15, 0.2) is 23.0 Å². The molecule has 16 heavy (non-hydrogen) atoms. The van der Waals surface area contributed by atoms with Crippen molar-refractivity contribution in [2.75, 3.05) is 13.1 Å². The quantitative estimate of drug-likeness (QED) is 0.775. The van der Waals surface area contributed by atoms with Crippen molar-refractivity contribution in [1.29, 1.82) is 0 Å². The average Bonchev–Trinajstić information content (AvgIpc) is 2.32. The minimum absolute atomic E-state index is 0.340. The van der Waals surface area contributed by atoms with Crippen LogP contribution >= 0.6 is 0 Å². The van der Waals surface area contributed by atoms with E-state index in [0.717, 1.165) is 0 Å². The summed E-state index contributed by atoms with van der Waals surface area (Å²) in [6.07, 6.45) is 1.61. The van der Waals surface area contributed by atoms with Crippen LogP contribution in [0.2, 0.25) is 0 Å². The Hall–Kier alpha value is -1.23. The van der Waals surface area contributed by atoms with E-state index in [9.17, 15) is 13.6 Å². The molecule has 1 fully saturated rings. The van der Waals surface area contributed by atoms with Crippen molar-refractivity contribution in [2.45, 2.75) is 25.7 Å². The Morgan fingerprint density at radius 3 is 2.12 bits per heavy atom. The maximum Gasteiger partial charge on any atom is 0.278 e. The molecule has 2 heterocycles. The van der Waals surface area contributed by atoms with E-state index in [-0.39, 0.29) is 5.69 Å². The van der Waals surface area contributed by atoms with E-state index in [1.54, 1.807) is 0 Å². The molecule has 2 rings (SSSR count). The Labute approximate surface area is 92.9 Å². The SMILES string of the molecule is C1CCNCC1.O=c1cccc(C(F)F)[nH]1. The third-order valence-corrected chi connectivity index (χ3v) is 2.23. The highest BCUT2D eigenvalue weighted by Crippen LogP contribution is 2.12. The van der Waals surface area contributed by atoms with Crippen molar-refractivity contribution in [3.63, 3.8) is 0 Å². The normalized spacial score (nSPS) is 15.4. The molecule has 1 aliphatic rings. The first kappa shape index (κ1) is 12.8. The second-order valence-electron chi connectivity index (χ2n) is 3.58.